The zero-order chi connectivity index (χ0) is 14.7. The van der Waals surface area contributed by atoms with Crippen LogP contribution in [0.15, 0.2) is 49.2 Å². The minimum atomic E-state index is -0.0104. The van der Waals surface area contributed by atoms with Crippen LogP contribution in [0.4, 0.5) is 5.69 Å². The fourth-order valence-corrected chi connectivity index (χ4v) is 2.18. The lowest BCUT2D eigenvalue weighted by Crippen LogP contribution is -2.28. The second-order valence-electron chi connectivity index (χ2n) is 5.04. The Morgan fingerprint density at radius 1 is 1.25 bits per heavy atom. The minimum Gasteiger partial charge on any atom is -0.339 e. The first-order valence-corrected chi connectivity index (χ1v) is 6.65. The number of aryl methyl sites for hydroxylation is 2. The summed E-state index contributed by atoms with van der Waals surface area (Å²) in [4.78, 5) is 14.3. The Kier molecular flexibility index (Phi) is 4.08. The number of amides is 1. The molecule has 0 unspecified atom stereocenters. The summed E-state index contributed by atoms with van der Waals surface area (Å²) in [6, 6.07) is 9.85. The van der Waals surface area contributed by atoms with Crippen molar-refractivity contribution < 1.29 is 4.79 Å². The Morgan fingerprint density at radius 2 is 1.90 bits per heavy atom. The fourth-order valence-electron chi connectivity index (χ4n) is 2.18. The van der Waals surface area contributed by atoms with Gasteiger partial charge in [0.15, 0.2) is 0 Å². The number of nitrogens with zero attached hydrogens (tertiary/aromatic N) is 2. The van der Waals surface area contributed by atoms with Crippen LogP contribution >= 0.6 is 0 Å². The monoisotopic (exact) mass is 268 g/mol. The molecule has 0 saturated carbocycles. The van der Waals surface area contributed by atoms with Crippen molar-refractivity contribution in [3.05, 3.63) is 66.0 Å². The number of hydrogen-bond donors (Lipinski definition) is 0. The van der Waals surface area contributed by atoms with Gasteiger partial charge in [-0.2, -0.15) is 0 Å². The number of carbonyl (C=O) groups is 1. The first kappa shape index (κ1) is 14.1. The lowest BCUT2D eigenvalue weighted by molar-refractivity contribution is 0.0984. The molecule has 2 aromatic rings. The van der Waals surface area contributed by atoms with Crippen molar-refractivity contribution in [2.45, 2.75) is 20.4 Å². The maximum atomic E-state index is 12.6. The van der Waals surface area contributed by atoms with Crippen molar-refractivity contribution in [2.24, 2.45) is 0 Å². The van der Waals surface area contributed by atoms with Crippen molar-refractivity contribution in [3.8, 4) is 0 Å². The average molecular weight is 268 g/mol. The number of benzene rings is 1. The highest BCUT2D eigenvalue weighted by atomic mass is 16.2. The van der Waals surface area contributed by atoms with Crippen molar-refractivity contribution in [1.82, 2.24) is 4.57 Å². The van der Waals surface area contributed by atoms with E-state index in [4.69, 9.17) is 0 Å². The number of allylic oxidation sites excluding steroid dienone is 1. The standard InChI is InChI=1S/C17H20N2O/c1-5-10-19-12-14(3)11-16(19)17(20)18(4)15-8-6-13(2)7-9-15/h5-9,11-12H,1,10H2,2-4H3. The molecule has 0 radical (unpaired) electrons. The van der Waals surface area contributed by atoms with E-state index in [2.05, 4.69) is 6.58 Å². The van der Waals surface area contributed by atoms with E-state index in [0.29, 0.717) is 12.2 Å². The maximum Gasteiger partial charge on any atom is 0.274 e. The van der Waals surface area contributed by atoms with Gasteiger partial charge < -0.3 is 9.47 Å². The summed E-state index contributed by atoms with van der Waals surface area (Å²) in [5.74, 6) is -0.0104. The highest BCUT2D eigenvalue weighted by molar-refractivity contribution is 6.04. The van der Waals surface area contributed by atoms with Crippen LogP contribution in [0.3, 0.4) is 0 Å². The van der Waals surface area contributed by atoms with Crippen LogP contribution in [0.25, 0.3) is 0 Å². The summed E-state index contributed by atoms with van der Waals surface area (Å²) in [6.07, 6.45) is 3.76. The van der Waals surface area contributed by atoms with E-state index in [0.717, 1.165) is 11.3 Å². The Balaban J connectivity index is 2.30. The van der Waals surface area contributed by atoms with Crippen LogP contribution in [-0.2, 0) is 6.54 Å². The molecule has 1 heterocycles. The molecule has 3 nitrogen and oxygen atoms in total. The number of hydrogen-bond acceptors (Lipinski definition) is 1. The molecule has 0 aliphatic carbocycles. The van der Waals surface area contributed by atoms with Gasteiger partial charge in [-0.15, -0.1) is 6.58 Å². The first-order valence-electron chi connectivity index (χ1n) is 6.65. The van der Waals surface area contributed by atoms with Gasteiger partial charge in [-0.1, -0.05) is 23.8 Å². The van der Waals surface area contributed by atoms with Crippen molar-refractivity contribution >= 4 is 11.6 Å². The Hall–Kier alpha value is -2.29. The molecule has 0 bridgehead atoms. The van der Waals surface area contributed by atoms with E-state index >= 15 is 0 Å². The normalized spacial score (nSPS) is 10.3. The Labute approximate surface area is 120 Å². The van der Waals surface area contributed by atoms with Crippen LogP contribution in [0, 0.1) is 13.8 Å². The van der Waals surface area contributed by atoms with Gasteiger partial charge >= 0.3 is 0 Å². The topological polar surface area (TPSA) is 25.2 Å². The van der Waals surface area contributed by atoms with Crippen molar-refractivity contribution in [3.63, 3.8) is 0 Å². The summed E-state index contributed by atoms with van der Waals surface area (Å²) >= 11 is 0. The summed E-state index contributed by atoms with van der Waals surface area (Å²) in [5, 5.41) is 0. The average Bonchev–Trinajstić information content (AvgIpc) is 2.79. The molecule has 1 aromatic heterocycles. The molecule has 1 amide bonds. The van der Waals surface area contributed by atoms with Gasteiger partial charge in [-0.3, -0.25) is 4.79 Å². The predicted molar refractivity (Wildman–Crippen MR) is 83.3 cm³/mol. The van der Waals surface area contributed by atoms with Gasteiger partial charge in [0.2, 0.25) is 0 Å². The largest absolute Gasteiger partial charge is 0.339 e. The SMILES string of the molecule is C=CCn1cc(C)cc1C(=O)N(C)c1ccc(C)cc1. The first-order chi connectivity index (χ1) is 9.52. The molecule has 0 aliphatic rings. The minimum absolute atomic E-state index is 0.0104. The van der Waals surface area contributed by atoms with Gasteiger partial charge in [0.25, 0.3) is 5.91 Å². The lowest BCUT2D eigenvalue weighted by Gasteiger charge is -2.18. The third-order valence-electron chi connectivity index (χ3n) is 3.30. The van der Waals surface area contributed by atoms with Gasteiger partial charge in [0.05, 0.1) is 0 Å². The molecular formula is C17H20N2O. The van der Waals surface area contributed by atoms with Crippen molar-refractivity contribution in [1.29, 1.82) is 0 Å². The molecule has 0 fully saturated rings. The van der Waals surface area contributed by atoms with Gasteiger partial charge in [0.1, 0.15) is 5.69 Å². The van der Waals surface area contributed by atoms with Crippen LogP contribution < -0.4 is 4.90 Å². The second kappa shape index (κ2) is 5.78. The zero-order valence-electron chi connectivity index (χ0n) is 12.3. The molecule has 3 heteroatoms. The summed E-state index contributed by atoms with van der Waals surface area (Å²) in [5.41, 5.74) is 3.84. The van der Waals surface area contributed by atoms with Gasteiger partial charge in [0, 0.05) is 25.5 Å². The molecule has 0 saturated heterocycles. The summed E-state index contributed by atoms with van der Waals surface area (Å²) in [7, 11) is 1.80. The maximum absolute atomic E-state index is 12.6. The molecule has 0 spiro atoms. The van der Waals surface area contributed by atoms with E-state index in [1.807, 2.05) is 54.9 Å². The van der Waals surface area contributed by atoms with E-state index in [1.165, 1.54) is 5.56 Å². The van der Waals surface area contributed by atoms with Crippen molar-refractivity contribution in [2.75, 3.05) is 11.9 Å². The third-order valence-corrected chi connectivity index (χ3v) is 3.30. The molecule has 1 aromatic carbocycles. The van der Waals surface area contributed by atoms with Crippen LogP contribution in [0.1, 0.15) is 21.6 Å². The van der Waals surface area contributed by atoms with Crippen LogP contribution in [-0.4, -0.2) is 17.5 Å². The van der Waals surface area contributed by atoms with E-state index in [1.54, 1.807) is 18.0 Å². The van der Waals surface area contributed by atoms with Gasteiger partial charge in [-0.05, 0) is 37.6 Å². The highest BCUT2D eigenvalue weighted by Crippen LogP contribution is 2.18. The van der Waals surface area contributed by atoms with Crippen LogP contribution in [0.5, 0.6) is 0 Å². The third kappa shape index (κ3) is 2.82. The Morgan fingerprint density at radius 3 is 2.50 bits per heavy atom. The fraction of sp³-hybridized carbons (Fsp3) is 0.235. The lowest BCUT2D eigenvalue weighted by atomic mass is 10.2. The zero-order valence-corrected chi connectivity index (χ0v) is 12.3. The van der Waals surface area contributed by atoms with Crippen LogP contribution in [0.2, 0.25) is 0 Å². The Bertz CT molecular complexity index is 623. The van der Waals surface area contributed by atoms with E-state index in [9.17, 15) is 4.79 Å². The number of rotatable bonds is 4. The molecular weight excluding hydrogens is 248 g/mol. The van der Waals surface area contributed by atoms with E-state index in [-0.39, 0.29) is 5.91 Å². The summed E-state index contributed by atoms with van der Waals surface area (Å²) < 4.78 is 1.93. The molecule has 0 N–H and O–H groups in total. The number of aromatic nitrogens is 1. The summed E-state index contributed by atoms with van der Waals surface area (Å²) in [6.45, 7) is 8.39. The molecule has 20 heavy (non-hydrogen) atoms. The number of carbonyl (C=O) groups excluding carboxylic acids is 1. The number of anilines is 1. The smallest absolute Gasteiger partial charge is 0.274 e. The predicted octanol–water partition coefficient (Wildman–Crippen LogP) is 3.57. The molecule has 0 atom stereocenters. The second-order valence-corrected chi connectivity index (χ2v) is 5.04. The highest BCUT2D eigenvalue weighted by Gasteiger charge is 2.17. The molecule has 0 aliphatic heterocycles. The molecule has 2 rings (SSSR count). The van der Waals surface area contributed by atoms with E-state index < -0.39 is 0 Å². The molecule has 104 valence electrons. The van der Waals surface area contributed by atoms with Gasteiger partial charge in [-0.25, -0.2) is 0 Å². The quantitative estimate of drug-likeness (QED) is 0.778.